The number of carbonyl (C=O) groups excluding carboxylic acids is 2. The third-order valence-corrected chi connectivity index (χ3v) is 7.03. The van der Waals surface area contributed by atoms with E-state index in [2.05, 4.69) is 15.6 Å². The average Bonchev–Trinajstić information content (AvgIpc) is 3.33. The number of nitrogens with one attached hydrogen (secondary N) is 2. The van der Waals surface area contributed by atoms with E-state index >= 15 is 0 Å². The van der Waals surface area contributed by atoms with Gasteiger partial charge in [-0.25, -0.2) is 4.98 Å². The fraction of sp³-hybridized carbons (Fsp3) is 0.520. The molecule has 0 bridgehead atoms. The van der Waals surface area contributed by atoms with Crippen LogP contribution in [0, 0.1) is 5.92 Å². The monoisotopic (exact) mass is 467 g/mol. The number of pyridine rings is 1. The van der Waals surface area contributed by atoms with Gasteiger partial charge >= 0.3 is 5.97 Å². The highest BCUT2D eigenvalue weighted by atomic mass is 16.4. The number of carboxylic acids is 1. The van der Waals surface area contributed by atoms with Crippen LogP contribution in [0.4, 0.5) is 5.82 Å². The van der Waals surface area contributed by atoms with Crippen LogP contribution in [0.15, 0.2) is 30.5 Å². The molecule has 2 amide bonds. The summed E-state index contributed by atoms with van der Waals surface area (Å²) in [5.41, 5.74) is 6.88. The summed E-state index contributed by atoms with van der Waals surface area (Å²) in [7, 11) is 0. The van der Waals surface area contributed by atoms with Crippen LogP contribution < -0.4 is 16.4 Å². The quantitative estimate of drug-likeness (QED) is 0.466. The van der Waals surface area contributed by atoms with Gasteiger partial charge in [-0.3, -0.25) is 19.7 Å². The van der Waals surface area contributed by atoms with Crippen LogP contribution in [0.25, 0.3) is 10.8 Å². The number of fused-ring (bicyclic) bond motifs is 1. The summed E-state index contributed by atoms with van der Waals surface area (Å²) in [5, 5.41) is 16.9. The van der Waals surface area contributed by atoms with E-state index < -0.39 is 18.1 Å². The van der Waals surface area contributed by atoms with E-state index in [1.54, 1.807) is 11.1 Å². The zero-order valence-corrected chi connectivity index (χ0v) is 19.3. The second-order valence-electron chi connectivity index (χ2n) is 9.31. The van der Waals surface area contributed by atoms with Crippen molar-refractivity contribution in [3.63, 3.8) is 0 Å². The minimum Gasteiger partial charge on any atom is -0.480 e. The molecule has 1 aromatic heterocycles. The number of aromatic nitrogens is 1. The van der Waals surface area contributed by atoms with Gasteiger partial charge in [0.1, 0.15) is 11.9 Å². The number of aliphatic carboxylic acids is 1. The number of likely N-dealkylation sites (tertiary alicyclic amines) is 1. The number of hydrogen-bond acceptors (Lipinski definition) is 6. The van der Waals surface area contributed by atoms with Crippen molar-refractivity contribution in [2.24, 2.45) is 5.92 Å². The van der Waals surface area contributed by atoms with Crippen LogP contribution in [0.1, 0.15) is 50.5 Å². The van der Waals surface area contributed by atoms with Crippen LogP contribution >= 0.6 is 0 Å². The van der Waals surface area contributed by atoms with E-state index in [1.165, 1.54) is 0 Å². The zero-order chi connectivity index (χ0) is 24.1. The first-order chi connectivity index (χ1) is 16.4. The summed E-state index contributed by atoms with van der Waals surface area (Å²) in [4.78, 5) is 43.5. The van der Waals surface area contributed by atoms with E-state index in [0.29, 0.717) is 25.3 Å². The maximum atomic E-state index is 13.5. The Morgan fingerprint density at radius 3 is 2.68 bits per heavy atom. The van der Waals surface area contributed by atoms with E-state index in [1.807, 2.05) is 24.3 Å². The number of anilines is 1. The van der Waals surface area contributed by atoms with Gasteiger partial charge in [-0.1, -0.05) is 31.4 Å². The summed E-state index contributed by atoms with van der Waals surface area (Å²) >= 11 is 0. The molecule has 9 nitrogen and oxygen atoms in total. The van der Waals surface area contributed by atoms with Gasteiger partial charge in [0.25, 0.3) is 0 Å². The van der Waals surface area contributed by atoms with Crippen molar-refractivity contribution in [1.29, 1.82) is 0 Å². The molecule has 34 heavy (non-hydrogen) atoms. The maximum absolute atomic E-state index is 13.5. The number of nitrogen functional groups attached to an aromatic ring is 1. The van der Waals surface area contributed by atoms with Crippen molar-refractivity contribution in [1.82, 2.24) is 20.5 Å². The Bertz CT molecular complexity index is 1050. The van der Waals surface area contributed by atoms with Gasteiger partial charge in [0.15, 0.2) is 0 Å². The number of rotatable bonds is 8. The lowest BCUT2D eigenvalue weighted by Gasteiger charge is -2.34. The summed E-state index contributed by atoms with van der Waals surface area (Å²) in [6.45, 7) is 0.565. The number of nitrogens with two attached hydrogens (primary N) is 1. The number of hydrogen-bond donors (Lipinski definition) is 4. The highest BCUT2D eigenvalue weighted by molar-refractivity contribution is 5.92. The summed E-state index contributed by atoms with van der Waals surface area (Å²) in [5.74, 6) is -0.793. The fourth-order valence-corrected chi connectivity index (χ4v) is 5.26. The molecule has 2 fully saturated rings. The van der Waals surface area contributed by atoms with Gasteiger partial charge in [-0.15, -0.1) is 0 Å². The first-order valence-electron chi connectivity index (χ1n) is 12.1. The van der Waals surface area contributed by atoms with Gasteiger partial charge in [0, 0.05) is 24.7 Å². The average molecular weight is 468 g/mol. The Morgan fingerprint density at radius 2 is 1.91 bits per heavy atom. The van der Waals surface area contributed by atoms with E-state index in [-0.39, 0.29) is 24.3 Å². The standard InChI is InChI=1S/C25H33N5O4/c26-23-19-13-16(8-9-17(19)10-11-27-23)14-29-24(33)20-7-4-12-30(20)25(34)22(28-15-21(31)32)18-5-2-1-3-6-18/h8-11,13,18,20,22,28H,1-7,12,14-15H2,(H2,26,27)(H,29,33)(H,31,32). The first-order valence-corrected chi connectivity index (χ1v) is 12.1. The van der Waals surface area contributed by atoms with E-state index in [0.717, 1.165) is 54.9 Å². The normalized spacial score (nSPS) is 19.8. The van der Waals surface area contributed by atoms with Gasteiger partial charge in [0.2, 0.25) is 11.8 Å². The zero-order valence-electron chi connectivity index (χ0n) is 19.3. The molecule has 0 radical (unpaired) electrons. The van der Waals surface area contributed by atoms with Crippen LogP contribution in [-0.2, 0) is 20.9 Å². The molecule has 1 saturated heterocycles. The fourth-order valence-electron chi connectivity index (χ4n) is 5.26. The predicted molar refractivity (Wildman–Crippen MR) is 129 cm³/mol. The maximum Gasteiger partial charge on any atom is 0.317 e. The minimum absolute atomic E-state index is 0.0987. The highest BCUT2D eigenvalue weighted by Gasteiger charge is 2.39. The van der Waals surface area contributed by atoms with Gasteiger partial charge < -0.3 is 21.1 Å². The SMILES string of the molecule is Nc1nccc2ccc(CNC(=O)C3CCCN3C(=O)C(NCC(=O)O)C3CCCCC3)cc12. The van der Waals surface area contributed by atoms with Crippen LogP contribution in [0.5, 0.6) is 0 Å². The number of amides is 2. The van der Waals surface area contributed by atoms with Crippen molar-refractivity contribution in [3.05, 3.63) is 36.0 Å². The molecule has 2 atom stereocenters. The predicted octanol–water partition coefficient (Wildman–Crippen LogP) is 2.05. The largest absolute Gasteiger partial charge is 0.480 e. The number of benzene rings is 1. The first kappa shape index (κ1) is 23.9. The van der Waals surface area contributed by atoms with Crippen molar-refractivity contribution >= 4 is 34.4 Å². The molecule has 9 heteroatoms. The molecule has 0 spiro atoms. The molecule has 1 aliphatic carbocycles. The van der Waals surface area contributed by atoms with Crippen LogP contribution in [0.3, 0.4) is 0 Å². The van der Waals surface area contributed by atoms with E-state index in [9.17, 15) is 14.4 Å². The molecule has 1 aliphatic heterocycles. The molecule has 5 N–H and O–H groups in total. The van der Waals surface area contributed by atoms with Gasteiger partial charge in [0.05, 0.1) is 12.6 Å². The molecule has 1 saturated carbocycles. The van der Waals surface area contributed by atoms with Crippen LogP contribution in [0.2, 0.25) is 0 Å². The number of carbonyl (C=O) groups is 3. The number of nitrogens with zero attached hydrogens (tertiary/aromatic N) is 2. The molecule has 2 unspecified atom stereocenters. The molecule has 2 heterocycles. The molecule has 182 valence electrons. The lowest BCUT2D eigenvalue weighted by atomic mass is 9.83. The molecule has 1 aromatic carbocycles. The molecule has 4 rings (SSSR count). The Kier molecular flexibility index (Phi) is 7.62. The third-order valence-electron chi connectivity index (χ3n) is 7.03. The van der Waals surface area contributed by atoms with Gasteiger partial charge in [-0.05, 0) is 54.7 Å². The minimum atomic E-state index is -0.990. The molecule has 2 aromatic rings. The second kappa shape index (κ2) is 10.8. The summed E-state index contributed by atoms with van der Waals surface area (Å²) in [6.07, 6.45) is 8.03. The molecule has 2 aliphatic rings. The Morgan fingerprint density at radius 1 is 1.12 bits per heavy atom. The van der Waals surface area contributed by atoms with Crippen LogP contribution in [-0.4, -0.2) is 57.9 Å². The van der Waals surface area contributed by atoms with Crippen molar-refractivity contribution in [2.45, 2.75) is 63.6 Å². The highest BCUT2D eigenvalue weighted by Crippen LogP contribution is 2.29. The smallest absolute Gasteiger partial charge is 0.317 e. The lowest BCUT2D eigenvalue weighted by molar-refractivity contribution is -0.142. The third kappa shape index (κ3) is 5.47. The summed E-state index contributed by atoms with van der Waals surface area (Å²) < 4.78 is 0. The second-order valence-corrected chi connectivity index (χ2v) is 9.31. The van der Waals surface area contributed by atoms with Gasteiger partial charge in [-0.2, -0.15) is 0 Å². The molecular formula is C25H33N5O4. The van der Waals surface area contributed by atoms with E-state index in [4.69, 9.17) is 10.8 Å². The van der Waals surface area contributed by atoms with Crippen molar-refractivity contribution in [2.75, 3.05) is 18.8 Å². The number of carboxylic acid groups (broad SMARTS) is 1. The molecular weight excluding hydrogens is 434 g/mol. The van der Waals surface area contributed by atoms with Crippen molar-refractivity contribution in [3.8, 4) is 0 Å². The topological polar surface area (TPSA) is 138 Å². The Labute approximate surface area is 199 Å². The van der Waals surface area contributed by atoms with Crippen molar-refractivity contribution < 1.29 is 19.5 Å². The lowest BCUT2D eigenvalue weighted by Crippen LogP contribution is -2.55. The Balaban J connectivity index is 1.42. The summed E-state index contributed by atoms with van der Waals surface area (Å²) in [6, 6.07) is 6.58. The Hall–Kier alpha value is -3.20.